The van der Waals surface area contributed by atoms with E-state index in [1.807, 2.05) is 13.0 Å². The van der Waals surface area contributed by atoms with Crippen molar-refractivity contribution in [3.05, 3.63) is 51.1 Å². The Morgan fingerprint density at radius 1 is 1.39 bits per heavy atom. The lowest BCUT2D eigenvalue weighted by Crippen LogP contribution is -1.94. The van der Waals surface area contributed by atoms with Crippen LogP contribution in [-0.2, 0) is 0 Å². The highest BCUT2D eigenvalue weighted by Crippen LogP contribution is 2.32. The summed E-state index contributed by atoms with van der Waals surface area (Å²) in [5.41, 5.74) is 1.23. The molecule has 3 nitrogen and oxygen atoms in total. The van der Waals surface area contributed by atoms with E-state index >= 15 is 0 Å². The van der Waals surface area contributed by atoms with E-state index in [1.165, 1.54) is 0 Å². The molecule has 18 heavy (non-hydrogen) atoms. The molecule has 2 aromatic rings. The summed E-state index contributed by atoms with van der Waals surface area (Å²) in [6, 6.07) is 9.08. The first-order valence-electron chi connectivity index (χ1n) is 5.10. The van der Waals surface area contributed by atoms with Crippen LogP contribution < -0.4 is 4.74 Å². The van der Waals surface area contributed by atoms with Gasteiger partial charge < -0.3 is 4.74 Å². The van der Waals surface area contributed by atoms with Crippen LogP contribution in [0.5, 0.6) is 11.6 Å². The third kappa shape index (κ3) is 2.63. The Balaban J connectivity index is 2.41. The third-order valence-corrected chi connectivity index (χ3v) is 3.13. The van der Waals surface area contributed by atoms with Gasteiger partial charge in [0.15, 0.2) is 0 Å². The van der Waals surface area contributed by atoms with E-state index in [-0.39, 0.29) is 5.88 Å². The van der Waals surface area contributed by atoms with Gasteiger partial charge in [0, 0.05) is 10.7 Å². The van der Waals surface area contributed by atoms with Gasteiger partial charge in [-0.2, -0.15) is 5.26 Å². The number of nitriles is 1. The van der Waals surface area contributed by atoms with E-state index in [1.54, 1.807) is 24.4 Å². The second-order valence-corrected chi connectivity index (χ2v) is 4.92. The number of hydrogen-bond donors (Lipinski definition) is 0. The second-order valence-electron chi connectivity index (χ2n) is 3.60. The van der Waals surface area contributed by atoms with Crippen molar-refractivity contribution < 1.29 is 4.74 Å². The van der Waals surface area contributed by atoms with Crippen molar-refractivity contribution in [1.29, 1.82) is 5.26 Å². The van der Waals surface area contributed by atoms with Crippen LogP contribution in [0.4, 0.5) is 0 Å². The average molecular weight is 324 g/mol. The summed E-state index contributed by atoms with van der Waals surface area (Å²) in [6.07, 6.45) is 1.60. The molecule has 1 aromatic heterocycles. The van der Waals surface area contributed by atoms with Crippen LogP contribution in [0.1, 0.15) is 11.1 Å². The highest BCUT2D eigenvalue weighted by molar-refractivity contribution is 9.10. The monoisotopic (exact) mass is 322 g/mol. The van der Waals surface area contributed by atoms with E-state index < -0.39 is 0 Å². The molecule has 0 aliphatic carbocycles. The zero-order valence-electron chi connectivity index (χ0n) is 9.45. The van der Waals surface area contributed by atoms with Crippen LogP contribution in [0.25, 0.3) is 0 Å². The Kier molecular flexibility index (Phi) is 3.85. The van der Waals surface area contributed by atoms with Crippen molar-refractivity contribution in [2.75, 3.05) is 0 Å². The zero-order valence-corrected chi connectivity index (χ0v) is 11.8. The fourth-order valence-electron chi connectivity index (χ4n) is 1.41. The molecule has 1 heterocycles. The Labute approximate surface area is 118 Å². The molecule has 0 unspecified atom stereocenters. The van der Waals surface area contributed by atoms with Crippen molar-refractivity contribution in [3.8, 4) is 17.7 Å². The SMILES string of the molecule is Cc1ccnc(Oc2ccc(Br)cc2Cl)c1C#N. The summed E-state index contributed by atoms with van der Waals surface area (Å²) in [5.74, 6) is 0.733. The number of benzene rings is 1. The van der Waals surface area contributed by atoms with Crippen molar-refractivity contribution >= 4 is 27.5 Å². The minimum absolute atomic E-state index is 0.265. The largest absolute Gasteiger partial charge is 0.436 e. The molecule has 0 spiro atoms. The fourth-order valence-corrected chi connectivity index (χ4v) is 2.12. The van der Waals surface area contributed by atoms with Crippen LogP contribution in [0.3, 0.4) is 0 Å². The Bertz CT molecular complexity index is 637. The number of rotatable bonds is 2. The number of hydrogen-bond acceptors (Lipinski definition) is 3. The van der Waals surface area contributed by atoms with E-state index in [4.69, 9.17) is 21.6 Å². The van der Waals surface area contributed by atoms with E-state index in [2.05, 4.69) is 27.0 Å². The van der Waals surface area contributed by atoms with Crippen LogP contribution >= 0.6 is 27.5 Å². The van der Waals surface area contributed by atoms with Gasteiger partial charge in [0.1, 0.15) is 17.4 Å². The maximum Gasteiger partial charge on any atom is 0.237 e. The quantitative estimate of drug-likeness (QED) is 0.819. The van der Waals surface area contributed by atoms with Crippen molar-refractivity contribution in [2.45, 2.75) is 6.92 Å². The van der Waals surface area contributed by atoms with Gasteiger partial charge in [0.2, 0.25) is 5.88 Å². The van der Waals surface area contributed by atoms with Gasteiger partial charge in [-0.05, 0) is 36.8 Å². The number of ether oxygens (including phenoxy) is 1. The van der Waals surface area contributed by atoms with Gasteiger partial charge in [0.05, 0.1) is 5.02 Å². The summed E-state index contributed by atoms with van der Waals surface area (Å²) in [7, 11) is 0. The fraction of sp³-hybridized carbons (Fsp3) is 0.0769. The molecule has 2 rings (SSSR count). The van der Waals surface area contributed by atoms with Crippen molar-refractivity contribution in [3.63, 3.8) is 0 Å². The van der Waals surface area contributed by atoms with Crippen LogP contribution in [0.2, 0.25) is 5.02 Å². The van der Waals surface area contributed by atoms with Gasteiger partial charge in [-0.1, -0.05) is 27.5 Å². The summed E-state index contributed by atoms with van der Waals surface area (Å²) in [4.78, 5) is 4.05. The van der Waals surface area contributed by atoms with Gasteiger partial charge in [-0.15, -0.1) is 0 Å². The van der Waals surface area contributed by atoms with Gasteiger partial charge >= 0.3 is 0 Å². The Morgan fingerprint density at radius 3 is 2.83 bits per heavy atom. The smallest absolute Gasteiger partial charge is 0.237 e. The first kappa shape index (κ1) is 12.9. The molecule has 0 radical (unpaired) electrons. The molecule has 0 saturated carbocycles. The minimum atomic E-state index is 0.265. The van der Waals surface area contributed by atoms with Crippen LogP contribution in [0.15, 0.2) is 34.9 Å². The van der Waals surface area contributed by atoms with Crippen LogP contribution in [-0.4, -0.2) is 4.98 Å². The maximum absolute atomic E-state index is 9.08. The maximum atomic E-state index is 9.08. The summed E-state index contributed by atoms with van der Waals surface area (Å²) < 4.78 is 6.44. The number of nitrogens with zero attached hydrogens (tertiary/aromatic N) is 2. The van der Waals surface area contributed by atoms with Crippen molar-refractivity contribution in [1.82, 2.24) is 4.98 Å². The molecule has 5 heteroatoms. The predicted molar refractivity (Wildman–Crippen MR) is 72.9 cm³/mol. The van der Waals surface area contributed by atoms with E-state index in [0.717, 1.165) is 10.0 Å². The van der Waals surface area contributed by atoms with Gasteiger partial charge in [-0.3, -0.25) is 0 Å². The molecule has 0 saturated heterocycles. The summed E-state index contributed by atoms with van der Waals surface area (Å²) in [6.45, 7) is 1.83. The summed E-state index contributed by atoms with van der Waals surface area (Å²) in [5, 5.41) is 9.54. The normalized spacial score (nSPS) is 9.89. The molecule has 0 aliphatic heterocycles. The number of halogens is 2. The van der Waals surface area contributed by atoms with Crippen molar-refractivity contribution in [2.24, 2.45) is 0 Å². The average Bonchev–Trinajstić information content (AvgIpc) is 2.33. The molecule has 0 atom stereocenters. The number of pyridine rings is 1. The lowest BCUT2D eigenvalue weighted by Gasteiger charge is -2.09. The number of aryl methyl sites for hydroxylation is 1. The standard InChI is InChI=1S/C13H8BrClN2O/c1-8-4-5-17-13(10(8)7-16)18-12-3-2-9(14)6-11(12)15/h2-6H,1H3. The molecule has 90 valence electrons. The molecular formula is C13H8BrClN2O. The minimum Gasteiger partial charge on any atom is -0.436 e. The molecule has 0 aliphatic rings. The molecule has 0 bridgehead atoms. The molecule has 0 N–H and O–H groups in total. The zero-order chi connectivity index (χ0) is 13.1. The first-order chi connectivity index (χ1) is 8.61. The number of aromatic nitrogens is 1. The van der Waals surface area contributed by atoms with Crippen LogP contribution in [0, 0.1) is 18.3 Å². The summed E-state index contributed by atoms with van der Waals surface area (Å²) >= 11 is 9.36. The lowest BCUT2D eigenvalue weighted by atomic mass is 10.2. The highest BCUT2D eigenvalue weighted by Gasteiger charge is 2.11. The van der Waals surface area contributed by atoms with Gasteiger partial charge in [0.25, 0.3) is 0 Å². The first-order valence-corrected chi connectivity index (χ1v) is 6.27. The molecular weight excluding hydrogens is 316 g/mol. The van der Waals surface area contributed by atoms with Gasteiger partial charge in [-0.25, -0.2) is 4.98 Å². The highest BCUT2D eigenvalue weighted by atomic mass is 79.9. The molecule has 1 aromatic carbocycles. The molecule has 0 fully saturated rings. The molecule has 0 amide bonds. The second kappa shape index (κ2) is 5.38. The predicted octanol–water partition coefficient (Wildman–Crippen LogP) is 4.47. The van der Waals surface area contributed by atoms with E-state index in [9.17, 15) is 0 Å². The Morgan fingerprint density at radius 2 is 2.17 bits per heavy atom. The van der Waals surface area contributed by atoms with E-state index in [0.29, 0.717) is 16.3 Å². The topological polar surface area (TPSA) is 45.9 Å². The lowest BCUT2D eigenvalue weighted by molar-refractivity contribution is 0.461. The Hall–Kier alpha value is -1.57. The third-order valence-electron chi connectivity index (χ3n) is 2.34.